The van der Waals surface area contributed by atoms with Gasteiger partial charge in [0.1, 0.15) is 5.82 Å². The van der Waals surface area contributed by atoms with Gasteiger partial charge < -0.3 is 5.32 Å². The zero-order valence-corrected chi connectivity index (χ0v) is 13.9. The fraction of sp³-hybridized carbons (Fsp3) is 0.188. The normalized spacial score (nSPS) is 12.8. The van der Waals surface area contributed by atoms with Crippen LogP contribution in [0.1, 0.15) is 12.5 Å². The number of amides is 1. The van der Waals surface area contributed by atoms with Crippen LogP contribution >= 0.6 is 23.4 Å². The molecule has 2 rings (SSSR count). The minimum Gasteiger partial charge on any atom is -0.325 e. The Kier molecular flexibility index (Phi) is 5.77. The van der Waals surface area contributed by atoms with Crippen LogP contribution < -0.4 is 5.32 Å². The Morgan fingerprint density at radius 1 is 1.17 bits per heavy atom. The molecule has 0 saturated carbocycles. The van der Waals surface area contributed by atoms with E-state index < -0.39 is 33.7 Å². The molecule has 0 fully saturated rings. The molecule has 0 spiro atoms. The Morgan fingerprint density at radius 2 is 1.79 bits per heavy atom. The topological polar surface area (TPSA) is 29.1 Å². The standard InChI is InChI=1S/C16H12ClF4NOS/c1-9(15(23)22-11-4-2-10(18)3-5-11)24-12-6-7-14(17)13(8-12)16(19,20)21/h2-9H,1H3,(H,22,23)/t9-/m1/s1. The third-order valence-electron chi connectivity index (χ3n) is 3.04. The van der Waals surface area contributed by atoms with E-state index in [0.29, 0.717) is 5.69 Å². The van der Waals surface area contributed by atoms with Crippen LogP contribution in [0.3, 0.4) is 0 Å². The number of benzene rings is 2. The minimum absolute atomic E-state index is 0.272. The van der Waals surface area contributed by atoms with Crippen molar-refractivity contribution in [2.45, 2.75) is 23.2 Å². The van der Waals surface area contributed by atoms with Crippen molar-refractivity contribution >= 4 is 35.0 Å². The number of hydrogen-bond acceptors (Lipinski definition) is 2. The molecule has 8 heteroatoms. The third-order valence-corrected chi connectivity index (χ3v) is 4.46. The molecule has 128 valence electrons. The summed E-state index contributed by atoms with van der Waals surface area (Å²) < 4.78 is 51.3. The van der Waals surface area contributed by atoms with E-state index in [9.17, 15) is 22.4 Å². The Morgan fingerprint density at radius 3 is 2.38 bits per heavy atom. The molecule has 0 aliphatic rings. The van der Waals surface area contributed by atoms with Crippen LogP contribution in [0.5, 0.6) is 0 Å². The van der Waals surface area contributed by atoms with Gasteiger partial charge in [-0.1, -0.05) is 11.6 Å². The van der Waals surface area contributed by atoms with Crippen LogP contribution in [-0.4, -0.2) is 11.2 Å². The van der Waals surface area contributed by atoms with Gasteiger partial charge in [0.25, 0.3) is 0 Å². The first kappa shape index (κ1) is 18.6. The molecule has 0 saturated heterocycles. The molecule has 1 atom stereocenters. The van der Waals surface area contributed by atoms with Gasteiger partial charge >= 0.3 is 6.18 Å². The van der Waals surface area contributed by atoms with Gasteiger partial charge in [-0.3, -0.25) is 4.79 Å². The summed E-state index contributed by atoms with van der Waals surface area (Å²) in [4.78, 5) is 12.3. The van der Waals surface area contributed by atoms with E-state index in [1.165, 1.54) is 30.3 Å². The highest BCUT2D eigenvalue weighted by molar-refractivity contribution is 8.00. The van der Waals surface area contributed by atoms with Gasteiger partial charge in [0.05, 0.1) is 15.8 Å². The number of carbonyl (C=O) groups is 1. The van der Waals surface area contributed by atoms with Crippen LogP contribution in [0.15, 0.2) is 47.4 Å². The first-order valence-electron chi connectivity index (χ1n) is 6.76. The monoisotopic (exact) mass is 377 g/mol. The number of carbonyl (C=O) groups excluding carboxylic acids is 1. The van der Waals surface area contributed by atoms with E-state index in [-0.39, 0.29) is 4.90 Å². The van der Waals surface area contributed by atoms with E-state index in [0.717, 1.165) is 23.9 Å². The molecule has 0 radical (unpaired) electrons. The molecular formula is C16H12ClF4NOS. The number of nitrogens with one attached hydrogen (secondary N) is 1. The number of alkyl halides is 3. The van der Waals surface area contributed by atoms with Crippen LogP contribution in [-0.2, 0) is 11.0 Å². The minimum atomic E-state index is -4.56. The lowest BCUT2D eigenvalue weighted by molar-refractivity contribution is -0.137. The van der Waals surface area contributed by atoms with E-state index in [1.807, 2.05) is 0 Å². The second-order valence-corrected chi connectivity index (χ2v) is 6.72. The summed E-state index contributed by atoms with van der Waals surface area (Å²) in [7, 11) is 0. The average Bonchev–Trinajstić information content (AvgIpc) is 2.50. The van der Waals surface area contributed by atoms with Gasteiger partial charge in [-0.2, -0.15) is 13.2 Å². The maximum Gasteiger partial charge on any atom is 0.417 e. The molecule has 0 bridgehead atoms. The van der Waals surface area contributed by atoms with Crippen molar-refractivity contribution in [3.05, 3.63) is 58.9 Å². The zero-order chi connectivity index (χ0) is 17.9. The highest BCUT2D eigenvalue weighted by Gasteiger charge is 2.33. The van der Waals surface area contributed by atoms with Gasteiger partial charge in [0.15, 0.2) is 0 Å². The Labute approximate surface area is 145 Å². The molecule has 2 nitrogen and oxygen atoms in total. The van der Waals surface area contributed by atoms with Gasteiger partial charge in [0.2, 0.25) is 5.91 Å². The molecule has 2 aromatic carbocycles. The predicted molar refractivity (Wildman–Crippen MR) is 86.8 cm³/mol. The first-order chi connectivity index (χ1) is 11.2. The highest BCUT2D eigenvalue weighted by atomic mass is 35.5. The molecule has 0 heterocycles. The lowest BCUT2D eigenvalue weighted by Gasteiger charge is -2.14. The third kappa shape index (κ3) is 4.88. The second-order valence-electron chi connectivity index (χ2n) is 4.90. The smallest absolute Gasteiger partial charge is 0.325 e. The lowest BCUT2D eigenvalue weighted by atomic mass is 10.2. The van der Waals surface area contributed by atoms with Crippen LogP contribution in [0.25, 0.3) is 0 Å². The summed E-state index contributed by atoms with van der Waals surface area (Å²) in [6, 6.07) is 8.67. The van der Waals surface area contributed by atoms with Crippen molar-refractivity contribution in [2.75, 3.05) is 5.32 Å². The summed E-state index contributed by atoms with van der Waals surface area (Å²) in [6.07, 6.45) is -4.56. The van der Waals surface area contributed by atoms with Crippen LogP contribution in [0, 0.1) is 5.82 Å². The van der Waals surface area contributed by atoms with Gasteiger partial charge in [-0.25, -0.2) is 4.39 Å². The van der Waals surface area contributed by atoms with Crippen molar-refractivity contribution < 1.29 is 22.4 Å². The van der Waals surface area contributed by atoms with Crippen molar-refractivity contribution in [3.63, 3.8) is 0 Å². The van der Waals surface area contributed by atoms with Crippen molar-refractivity contribution in [3.8, 4) is 0 Å². The molecule has 1 N–H and O–H groups in total. The number of rotatable bonds is 4. The molecule has 1 amide bonds. The fourth-order valence-electron chi connectivity index (χ4n) is 1.83. The second kappa shape index (κ2) is 7.44. The Balaban J connectivity index is 2.07. The molecule has 0 aromatic heterocycles. The van der Waals surface area contributed by atoms with Crippen molar-refractivity contribution in [2.24, 2.45) is 0 Å². The summed E-state index contributed by atoms with van der Waals surface area (Å²) in [5.41, 5.74) is -0.541. The van der Waals surface area contributed by atoms with Crippen LogP contribution in [0.4, 0.5) is 23.2 Å². The van der Waals surface area contributed by atoms with Crippen molar-refractivity contribution in [1.29, 1.82) is 0 Å². The van der Waals surface area contributed by atoms with Gasteiger partial charge in [-0.05, 0) is 49.4 Å². The molecule has 0 aliphatic carbocycles. The number of halogens is 5. The Bertz CT molecular complexity index is 734. The largest absolute Gasteiger partial charge is 0.417 e. The summed E-state index contributed by atoms with van der Waals surface area (Å²) >= 11 is 6.53. The fourth-order valence-corrected chi connectivity index (χ4v) is 2.96. The maximum absolute atomic E-state index is 12.8. The number of anilines is 1. The summed E-state index contributed by atoms with van der Waals surface area (Å²) in [6.45, 7) is 1.56. The average molecular weight is 378 g/mol. The molecule has 24 heavy (non-hydrogen) atoms. The van der Waals surface area contributed by atoms with Crippen LogP contribution in [0.2, 0.25) is 5.02 Å². The van der Waals surface area contributed by atoms with E-state index >= 15 is 0 Å². The zero-order valence-electron chi connectivity index (χ0n) is 12.3. The maximum atomic E-state index is 12.8. The van der Waals surface area contributed by atoms with E-state index in [2.05, 4.69) is 5.32 Å². The first-order valence-corrected chi connectivity index (χ1v) is 8.02. The molecular weight excluding hydrogens is 366 g/mol. The highest BCUT2D eigenvalue weighted by Crippen LogP contribution is 2.37. The SMILES string of the molecule is C[C@@H](Sc1ccc(Cl)c(C(F)(F)F)c1)C(=O)Nc1ccc(F)cc1. The predicted octanol–water partition coefficient (Wildman–Crippen LogP) is 5.62. The molecule has 0 aliphatic heterocycles. The summed E-state index contributed by atoms with van der Waals surface area (Å²) in [5.74, 6) is -0.841. The number of hydrogen-bond donors (Lipinski definition) is 1. The Hall–Kier alpha value is -1.73. The lowest BCUT2D eigenvalue weighted by Crippen LogP contribution is -2.22. The van der Waals surface area contributed by atoms with E-state index in [4.69, 9.17) is 11.6 Å². The van der Waals surface area contributed by atoms with Gasteiger partial charge in [-0.15, -0.1) is 11.8 Å². The van der Waals surface area contributed by atoms with Crippen molar-refractivity contribution in [1.82, 2.24) is 0 Å². The summed E-state index contributed by atoms with van der Waals surface area (Å²) in [5, 5.41) is 1.52. The molecule has 2 aromatic rings. The van der Waals surface area contributed by atoms with Gasteiger partial charge in [0, 0.05) is 10.6 Å². The number of thioether (sulfide) groups is 1. The quantitative estimate of drug-likeness (QED) is 0.553. The van der Waals surface area contributed by atoms with E-state index in [1.54, 1.807) is 6.92 Å². The molecule has 0 unspecified atom stereocenters.